The van der Waals surface area contributed by atoms with Crippen LogP contribution in [0.1, 0.15) is 42.3 Å². The second-order valence-corrected chi connectivity index (χ2v) is 8.67. The molecule has 6 nitrogen and oxygen atoms in total. The number of nitrogens with zero attached hydrogens (tertiary/aromatic N) is 2. The van der Waals surface area contributed by atoms with Crippen LogP contribution in [0.5, 0.6) is 0 Å². The van der Waals surface area contributed by atoms with Gasteiger partial charge in [-0.2, -0.15) is 8.42 Å². The zero-order chi connectivity index (χ0) is 19.0. The number of aryl methyl sites for hydroxylation is 1. The van der Waals surface area contributed by atoms with Crippen molar-refractivity contribution in [3.05, 3.63) is 59.4 Å². The Morgan fingerprint density at radius 1 is 1.22 bits per heavy atom. The lowest BCUT2D eigenvalue weighted by Gasteiger charge is -2.34. The molecular weight excluding hydrogens is 362 g/mol. The number of piperidine rings is 1. The maximum Gasteiger partial charge on any atom is 0.294 e. The van der Waals surface area contributed by atoms with E-state index in [-0.39, 0.29) is 10.9 Å². The summed E-state index contributed by atoms with van der Waals surface area (Å²) in [6.45, 7) is 3.97. The number of aromatic nitrogens is 2. The molecule has 27 heavy (non-hydrogen) atoms. The Bertz CT molecular complexity index is 1080. The van der Waals surface area contributed by atoms with Crippen molar-refractivity contribution in [2.45, 2.75) is 43.7 Å². The van der Waals surface area contributed by atoms with Gasteiger partial charge in [0.15, 0.2) is 0 Å². The highest BCUT2D eigenvalue weighted by atomic mass is 32.2. The third-order valence-electron chi connectivity index (χ3n) is 5.17. The zero-order valence-electron chi connectivity index (χ0n) is 15.2. The van der Waals surface area contributed by atoms with E-state index >= 15 is 0 Å². The minimum atomic E-state index is -4.22. The Balaban J connectivity index is 1.65. The van der Waals surface area contributed by atoms with E-state index in [1.807, 2.05) is 0 Å². The molecule has 2 heterocycles. The Morgan fingerprint density at radius 3 is 2.85 bits per heavy atom. The molecule has 2 N–H and O–H groups in total. The number of aromatic amines is 1. The highest BCUT2D eigenvalue weighted by Crippen LogP contribution is 2.32. The first-order chi connectivity index (χ1) is 12.9. The minimum absolute atomic E-state index is 0.120. The molecule has 0 aliphatic carbocycles. The molecule has 0 saturated carbocycles. The van der Waals surface area contributed by atoms with Crippen molar-refractivity contribution >= 4 is 21.2 Å². The Labute approximate surface area is 159 Å². The van der Waals surface area contributed by atoms with Crippen molar-refractivity contribution in [3.8, 4) is 0 Å². The molecule has 3 aromatic rings. The fourth-order valence-corrected chi connectivity index (χ4v) is 4.37. The lowest BCUT2D eigenvalue weighted by Crippen LogP contribution is -2.33. The lowest BCUT2D eigenvalue weighted by molar-refractivity contribution is 0.134. The van der Waals surface area contributed by atoms with Crippen LogP contribution in [0.25, 0.3) is 11.0 Å². The van der Waals surface area contributed by atoms with Crippen molar-refractivity contribution in [1.82, 2.24) is 14.9 Å². The molecule has 1 saturated heterocycles. The van der Waals surface area contributed by atoms with E-state index < -0.39 is 10.1 Å². The monoisotopic (exact) mass is 385 g/mol. The molecule has 2 aromatic carbocycles. The Kier molecular flexibility index (Phi) is 4.75. The van der Waals surface area contributed by atoms with Crippen LogP contribution in [0.2, 0.25) is 0 Å². The molecule has 0 spiro atoms. The van der Waals surface area contributed by atoms with E-state index in [9.17, 15) is 13.0 Å². The SMILES string of the molecule is Cc1cccc(CN2CCCCC2c2nc3ccc(S(=O)(=O)O)cc3[nH]2)c1. The van der Waals surface area contributed by atoms with E-state index in [0.717, 1.165) is 38.2 Å². The first-order valence-electron chi connectivity index (χ1n) is 9.17. The van der Waals surface area contributed by atoms with Crippen molar-refractivity contribution in [2.24, 2.45) is 0 Å². The average molecular weight is 385 g/mol. The van der Waals surface area contributed by atoms with Crippen LogP contribution in [0.3, 0.4) is 0 Å². The molecule has 1 aliphatic rings. The molecule has 1 aromatic heterocycles. The number of benzene rings is 2. The van der Waals surface area contributed by atoms with Gasteiger partial charge in [0.1, 0.15) is 5.82 Å². The fraction of sp³-hybridized carbons (Fsp3) is 0.350. The highest BCUT2D eigenvalue weighted by molar-refractivity contribution is 7.85. The maximum absolute atomic E-state index is 11.4. The van der Waals surface area contributed by atoms with Gasteiger partial charge < -0.3 is 4.98 Å². The zero-order valence-corrected chi connectivity index (χ0v) is 16.0. The normalized spacial score (nSPS) is 18.8. The van der Waals surface area contributed by atoms with Gasteiger partial charge in [-0.3, -0.25) is 9.45 Å². The maximum atomic E-state index is 11.4. The van der Waals surface area contributed by atoms with Gasteiger partial charge in [0.05, 0.1) is 22.0 Å². The van der Waals surface area contributed by atoms with Gasteiger partial charge in [-0.15, -0.1) is 0 Å². The second kappa shape index (κ2) is 7.07. The molecule has 7 heteroatoms. The van der Waals surface area contributed by atoms with E-state index in [4.69, 9.17) is 4.98 Å². The van der Waals surface area contributed by atoms with E-state index in [0.29, 0.717) is 11.0 Å². The molecule has 1 atom stereocenters. The topological polar surface area (TPSA) is 86.3 Å². The third kappa shape index (κ3) is 3.90. The third-order valence-corrected chi connectivity index (χ3v) is 6.02. The summed E-state index contributed by atoms with van der Waals surface area (Å²) in [5, 5.41) is 0. The van der Waals surface area contributed by atoms with Gasteiger partial charge >= 0.3 is 0 Å². The first kappa shape index (κ1) is 18.2. The smallest absolute Gasteiger partial charge is 0.294 e. The number of H-pyrrole nitrogens is 1. The largest absolute Gasteiger partial charge is 0.341 e. The van der Waals surface area contributed by atoms with Crippen molar-refractivity contribution in [2.75, 3.05) is 6.54 Å². The van der Waals surface area contributed by atoms with Gasteiger partial charge in [0.25, 0.3) is 10.1 Å². The molecule has 0 radical (unpaired) electrons. The molecular formula is C20H23N3O3S. The van der Waals surface area contributed by atoms with E-state index in [1.54, 1.807) is 6.07 Å². The van der Waals surface area contributed by atoms with Gasteiger partial charge in [-0.05, 0) is 50.1 Å². The quantitative estimate of drug-likeness (QED) is 0.666. The Hall–Kier alpha value is -2.22. The van der Waals surface area contributed by atoms with Crippen LogP contribution in [0.15, 0.2) is 47.4 Å². The van der Waals surface area contributed by atoms with Crippen molar-refractivity contribution in [3.63, 3.8) is 0 Å². The molecule has 1 fully saturated rings. The molecule has 1 unspecified atom stereocenters. The number of hydrogen-bond acceptors (Lipinski definition) is 4. The number of imidazole rings is 1. The number of fused-ring (bicyclic) bond motifs is 1. The summed E-state index contributed by atoms with van der Waals surface area (Å²) in [5.74, 6) is 0.852. The van der Waals surface area contributed by atoms with Gasteiger partial charge in [0, 0.05) is 6.54 Å². The predicted octanol–water partition coefficient (Wildman–Crippen LogP) is 3.85. The molecule has 4 rings (SSSR count). The average Bonchev–Trinajstić information content (AvgIpc) is 3.04. The van der Waals surface area contributed by atoms with Crippen LogP contribution < -0.4 is 0 Å². The summed E-state index contributed by atoms with van der Waals surface area (Å²) in [6, 6.07) is 13.2. The van der Waals surface area contributed by atoms with Crippen LogP contribution >= 0.6 is 0 Å². The van der Waals surface area contributed by atoms with Crippen LogP contribution in [-0.2, 0) is 16.7 Å². The highest BCUT2D eigenvalue weighted by Gasteiger charge is 2.27. The summed E-state index contributed by atoms with van der Waals surface area (Å²) in [6.07, 6.45) is 3.31. The van der Waals surface area contributed by atoms with E-state index in [1.165, 1.54) is 23.3 Å². The van der Waals surface area contributed by atoms with Crippen LogP contribution in [0, 0.1) is 6.92 Å². The molecule has 1 aliphatic heterocycles. The first-order valence-corrected chi connectivity index (χ1v) is 10.6. The molecule has 0 bridgehead atoms. The van der Waals surface area contributed by atoms with Crippen molar-refractivity contribution < 1.29 is 13.0 Å². The number of likely N-dealkylation sites (tertiary alicyclic amines) is 1. The number of hydrogen-bond donors (Lipinski definition) is 2. The number of nitrogens with one attached hydrogen (secondary N) is 1. The van der Waals surface area contributed by atoms with Gasteiger partial charge in [-0.25, -0.2) is 4.98 Å². The van der Waals surface area contributed by atoms with Crippen molar-refractivity contribution in [1.29, 1.82) is 0 Å². The molecule has 142 valence electrons. The summed E-state index contributed by atoms with van der Waals surface area (Å²) in [5.41, 5.74) is 3.87. The predicted molar refractivity (Wildman–Crippen MR) is 104 cm³/mol. The molecule has 0 amide bonds. The van der Waals surface area contributed by atoms with Gasteiger partial charge in [-0.1, -0.05) is 36.2 Å². The minimum Gasteiger partial charge on any atom is -0.341 e. The summed E-state index contributed by atoms with van der Waals surface area (Å²) in [7, 11) is -4.22. The van der Waals surface area contributed by atoms with E-state index in [2.05, 4.69) is 41.1 Å². The second-order valence-electron chi connectivity index (χ2n) is 7.25. The lowest BCUT2D eigenvalue weighted by atomic mass is 10.00. The standard InChI is InChI=1S/C20H23N3O3S/c1-14-5-4-6-15(11-14)13-23-10-3-2-7-19(23)20-21-17-9-8-16(27(24,25)26)12-18(17)22-20/h4-6,8-9,11-12,19H,2-3,7,10,13H2,1H3,(H,21,22)(H,24,25,26). The summed E-state index contributed by atoms with van der Waals surface area (Å²) in [4.78, 5) is 10.3. The van der Waals surface area contributed by atoms with Gasteiger partial charge in [0.2, 0.25) is 0 Å². The van der Waals surface area contributed by atoms with Crippen LogP contribution in [-0.4, -0.2) is 34.4 Å². The van der Waals surface area contributed by atoms with Crippen LogP contribution in [0.4, 0.5) is 0 Å². The summed E-state index contributed by atoms with van der Waals surface area (Å²) >= 11 is 0. The number of rotatable bonds is 4. The summed E-state index contributed by atoms with van der Waals surface area (Å²) < 4.78 is 32.0. The Morgan fingerprint density at radius 2 is 2.07 bits per heavy atom. The fourth-order valence-electron chi connectivity index (χ4n) is 3.86.